The number of benzene rings is 1. The zero-order chi connectivity index (χ0) is 13.9. The molecule has 0 saturated heterocycles. The molecule has 0 radical (unpaired) electrons. The lowest BCUT2D eigenvalue weighted by atomic mass is 10.1. The first-order valence-corrected chi connectivity index (χ1v) is 7.19. The van der Waals surface area contributed by atoms with Gasteiger partial charge in [-0.1, -0.05) is 6.07 Å². The van der Waals surface area contributed by atoms with Gasteiger partial charge in [0.25, 0.3) is 0 Å². The summed E-state index contributed by atoms with van der Waals surface area (Å²) in [7, 11) is 0. The minimum absolute atomic E-state index is 0.170. The number of amides is 1. The molecule has 0 atom stereocenters. The van der Waals surface area contributed by atoms with Crippen LogP contribution in [0.4, 0.5) is 5.13 Å². The van der Waals surface area contributed by atoms with Crippen LogP contribution in [-0.2, 0) is 11.2 Å². The van der Waals surface area contributed by atoms with E-state index in [1.807, 2.05) is 19.1 Å². The molecular weight excluding hydrogens is 272 g/mol. The molecule has 0 spiro atoms. The van der Waals surface area contributed by atoms with E-state index in [1.54, 1.807) is 12.3 Å². The van der Waals surface area contributed by atoms with Gasteiger partial charge < -0.3 is 4.74 Å². The van der Waals surface area contributed by atoms with Crippen LogP contribution in [0.15, 0.2) is 30.5 Å². The number of ether oxygens (including phenoxy) is 1. The van der Waals surface area contributed by atoms with Crippen LogP contribution in [0.3, 0.4) is 0 Å². The number of aromatic nitrogens is 1. The number of rotatable bonds is 3. The number of nitrogens with one attached hydrogen (secondary N) is 1. The van der Waals surface area contributed by atoms with Crippen molar-refractivity contribution in [3.63, 3.8) is 0 Å². The van der Waals surface area contributed by atoms with E-state index in [2.05, 4.69) is 16.4 Å². The number of hydrogen-bond donors (Lipinski definition) is 1. The van der Waals surface area contributed by atoms with Crippen molar-refractivity contribution in [3.8, 4) is 5.75 Å². The topological polar surface area (TPSA) is 51.2 Å². The van der Waals surface area contributed by atoms with Crippen molar-refractivity contribution >= 4 is 28.5 Å². The van der Waals surface area contributed by atoms with Gasteiger partial charge in [0, 0.05) is 23.6 Å². The Labute approximate surface area is 121 Å². The van der Waals surface area contributed by atoms with Crippen LogP contribution in [0, 0.1) is 6.92 Å². The molecule has 2 heterocycles. The van der Waals surface area contributed by atoms with E-state index < -0.39 is 0 Å². The minimum atomic E-state index is -0.170. The van der Waals surface area contributed by atoms with Crippen LogP contribution >= 0.6 is 11.3 Å². The van der Waals surface area contributed by atoms with E-state index in [0.717, 1.165) is 29.2 Å². The second kappa shape index (κ2) is 5.46. The van der Waals surface area contributed by atoms with Crippen LogP contribution < -0.4 is 10.1 Å². The van der Waals surface area contributed by atoms with Gasteiger partial charge in [-0.2, -0.15) is 0 Å². The highest BCUT2D eigenvalue weighted by Gasteiger charge is 2.11. The Hall–Kier alpha value is -2.14. The molecule has 1 N–H and O–H groups in total. The Morgan fingerprint density at radius 3 is 3.20 bits per heavy atom. The van der Waals surface area contributed by atoms with Crippen molar-refractivity contribution in [2.24, 2.45) is 0 Å². The summed E-state index contributed by atoms with van der Waals surface area (Å²) in [6.45, 7) is 2.70. The molecule has 0 fully saturated rings. The Morgan fingerprint density at radius 2 is 2.40 bits per heavy atom. The second-order valence-corrected chi connectivity index (χ2v) is 5.80. The highest BCUT2D eigenvalue weighted by molar-refractivity contribution is 7.15. The molecule has 1 aliphatic heterocycles. The van der Waals surface area contributed by atoms with Gasteiger partial charge in [-0.05, 0) is 36.3 Å². The molecule has 1 aliphatic rings. The highest BCUT2D eigenvalue weighted by Crippen LogP contribution is 2.26. The van der Waals surface area contributed by atoms with E-state index in [-0.39, 0.29) is 5.91 Å². The maximum absolute atomic E-state index is 11.8. The Bertz CT molecular complexity index is 676. The molecule has 5 heteroatoms. The Balaban J connectivity index is 1.66. The summed E-state index contributed by atoms with van der Waals surface area (Å²) in [5.74, 6) is 0.779. The van der Waals surface area contributed by atoms with Crippen LogP contribution in [0.5, 0.6) is 5.75 Å². The monoisotopic (exact) mass is 286 g/mol. The number of aryl methyl sites for hydroxylation is 1. The summed E-state index contributed by atoms with van der Waals surface area (Å²) < 4.78 is 5.45. The molecule has 1 amide bonds. The first-order chi connectivity index (χ1) is 9.70. The first-order valence-electron chi connectivity index (χ1n) is 6.38. The lowest BCUT2D eigenvalue weighted by Gasteiger charge is -2.00. The third kappa shape index (κ3) is 2.88. The second-order valence-electron chi connectivity index (χ2n) is 4.56. The number of nitrogens with zero attached hydrogens (tertiary/aromatic N) is 1. The summed E-state index contributed by atoms with van der Waals surface area (Å²) in [5.41, 5.74) is 2.20. The standard InChI is InChI=1S/C15H14N2O2S/c1-10-9-16-15(20-10)17-14(18)5-3-11-2-4-13-12(8-11)6-7-19-13/h2-5,8-9H,6-7H2,1H3,(H,16,17,18)/b5-3+. The molecule has 0 bridgehead atoms. The van der Waals surface area contributed by atoms with Gasteiger partial charge in [0.1, 0.15) is 5.75 Å². The zero-order valence-corrected chi connectivity index (χ0v) is 11.9. The zero-order valence-electron chi connectivity index (χ0n) is 11.1. The molecule has 20 heavy (non-hydrogen) atoms. The SMILES string of the molecule is Cc1cnc(NC(=O)/C=C/c2ccc3c(c2)CCO3)s1. The summed E-state index contributed by atoms with van der Waals surface area (Å²) >= 11 is 1.46. The van der Waals surface area contributed by atoms with Crippen molar-refractivity contribution < 1.29 is 9.53 Å². The number of carbonyl (C=O) groups is 1. The molecule has 4 nitrogen and oxygen atoms in total. The first kappa shape index (κ1) is 12.9. The molecule has 2 aromatic rings. The van der Waals surface area contributed by atoms with Crippen LogP contribution in [0.1, 0.15) is 16.0 Å². The normalized spacial score (nSPS) is 13.2. The van der Waals surface area contributed by atoms with Gasteiger partial charge in [0.15, 0.2) is 5.13 Å². The molecule has 102 valence electrons. The van der Waals surface area contributed by atoms with Gasteiger partial charge in [-0.15, -0.1) is 11.3 Å². The fraction of sp³-hybridized carbons (Fsp3) is 0.200. The highest BCUT2D eigenvalue weighted by atomic mass is 32.1. The summed E-state index contributed by atoms with van der Waals surface area (Å²) in [6.07, 6.45) is 5.99. The Morgan fingerprint density at radius 1 is 1.50 bits per heavy atom. The van der Waals surface area contributed by atoms with Crippen molar-refractivity contribution in [1.82, 2.24) is 4.98 Å². The lowest BCUT2D eigenvalue weighted by molar-refractivity contribution is -0.111. The minimum Gasteiger partial charge on any atom is -0.493 e. The van der Waals surface area contributed by atoms with Crippen molar-refractivity contribution in [2.45, 2.75) is 13.3 Å². The van der Waals surface area contributed by atoms with E-state index in [4.69, 9.17) is 4.74 Å². The maximum atomic E-state index is 11.8. The van der Waals surface area contributed by atoms with Crippen LogP contribution in [0.2, 0.25) is 0 Å². The Kier molecular flexibility index (Phi) is 3.52. The lowest BCUT2D eigenvalue weighted by Crippen LogP contribution is -2.07. The van der Waals surface area contributed by atoms with Crippen LogP contribution in [-0.4, -0.2) is 17.5 Å². The van der Waals surface area contributed by atoms with Crippen molar-refractivity contribution in [3.05, 3.63) is 46.5 Å². The third-order valence-electron chi connectivity index (χ3n) is 2.99. The van der Waals surface area contributed by atoms with E-state index in [1.165, 1.54) is 23.0 Å². The molecule has 1 aromatic carbocycles. The summed E-state index contributed by atoms with van der Waals surface area (Å²) in [5, 5.41) is 3.37. The van der Waals surface area contributed by atoms with Crippen LogP contribution in [0.25, 0.3) is 6.08 Å². The number of fused-ring (bicyclic) bond motifs is 1. The molecule has 1 aromatic heterocycles. The fourth-order valence-electron chi connectivity index (χ4n) is 2.04. The summed E-state index contributed by atoms with van der Waals surface area (Å²) in [6, 6.07) is 5.95. The summed E-state index contributed by atoms with van der Waals surface area (Å²) in [4.78, 5) is 16.9. The number of carbonyl (C=O) groups excluding carboxylic acids is 1. The molecule has 0 unspecified atom stereocenters. The maximum Gasteiger partial charge on any atom is 0.250 e. The predicted octanol–water partition coefficient (Wildman–Crippen LogP) is 3.04. The van der Waals surface area contributed by atoms with E-state index in [9.17, 15) is 4.79 Å². The third-order valence-corrected chi connectivity index (χ3v) is 3.82. The number of hydrogen-bond acceptors (Lipinski definition) is 4. The van der Waals surface area contributed by atoms with Gasteiger partial charge in [0.2, 0.25) is 5.91 Å². The van der Waals surface area contributed by atoms with E-state index >= 15 is 0 Å². The van der Waals surface area contributed by atoms with Crippen molar-refractivity contribution in [1.29, 1.82) is 0 Å². The largest absolute Gasteiger partial charge is 0.493 e. The van der Waals surface area contributed by atoms with E-state index in [0.29, 0.717) is 5.13 Å². The average molecular weight is 286 g/mol. The van der Waals surface area contributed by atoms with Gasteiger partial charge in [-0.3, -0.25) is 10.1 Å². The van der Waals surface area contributed by atoms with Gasteiger partial charge in [-0.25, -0.2) is 4.98 Å². The molecule has 3 rings (SSSR count). The molecular formula is C15H14N2O2S. The fourth-order valence-corrected chi connectivity index (χ4v) is 2.71. The molecule has 0 aliphatic carbocycles. The molecule has 0 saturated carbocycles. The number of anilines is 1. The van der Waals surface area contributed by atoms with Crippen molar-refractivity contribution in [2.75, 3.05) is 11.9 Å². The quantitative estimate of drug-likeness (QED) is 0.882. The van der Waals surface area contributed by atoms with Gasteiger partial charge in [0.05, 0.1) is 6.61 Å². The smallest absolute Gasteiger partial charge is 0.250 e. The van der Waals surface area contributed by atoms with Gasteiger partial charge >= 0.3 is 0 Å². The predicted molar refractivity (Wildman–Crippen MR) is 80.2 cm³/mol. The number of thiazole rings is 1. The average Bonchev–Trinajstić information content (AvgIpc) is 3.04.